The van der Waals surface area contributed by atoms with Gasteiger partial charge in [0.2, 0.25) is 5.91 Å². The van der Waals surface area contributed by atoms with Gasteiger partial charge in [0.15, 0.2) is 5.65 Å². The summed E-state index contributed by atoms with van der Waals surface area (Å²) in [5.74, 6) is -0.0325. The Kier molecular flexibility index (Phi) is 3.70. The van der Waals surface area contributed by atoms with Crippen LogP contribution in [-0.4, -0.2) is 20.7 Å². The van der Waals surface area contributed by atoms with Crippen molar-refractivity contribution < 1.29 is 4.79 Å². The molecule has 1 amide bonds. The Bertz CT molecular complexity index is 761. The van der Waals surface area contributed by atoms with Crippen LogP contribution in [-0.2, 0) is 11.2 Å². The molecule has 3 aromatic heterocycles. The van der Waals surface area contributed by atoms with E-state index in [0.717, 1.165) is 15.9 Å². The van der Waals surface area contributed by atoms with Crippen LogP contribution in [0.4, 0.5) is 5.69 Å². The van der Waals surface area contributed by atoms with Crippen molar-refractivity contribution in [3.8, 4) is 0 Å². The first-order chi connectivity index (χ1) is 10.1. The number of hydrogen-bond donors (Lipinski definition) is 1. The number of fused-ring (bicyclic) bond motifs is 1. The Balaban J connectivity index is 1.77. The molecule has 0 fully saturated rings. The van der Waals surface area contributed by atoms with Crippen LogP contribution in [0.3, 0.4) is 0 Å². The number of rotatable bonds is 4. The minimum Gasteiger partial charge on any atom is -0.324 e. The quantitative estimate of drug-likeness (QED) is 0.804. The molecule has 0 bridgehead atoms. The molecule has 1 N–H and O–H groups in total. The highest BCUT2D eigenvalue weighted by Gasteiger charge is 2.10. The van der Waals surface area contributed by atoms with Gasteiger partial charge in [0.25, 0.3) is 0 Å². The molecule has 0 saturated heterocycles. The highest BCUT2D eigenvalue weighted by molar-refractivity contribution is 7.10. The van der Waals surface area contributed by atoms with Gasteiger partial charge < -0.3 is 5.32 Å². The Labute approximate surface area is 126 Å². The number of thiophene rings is 1. The van der Waals surface area contributed by atoms with E-state index in [1.807, 2.05) is 28.3 Å². The van der Waals surface area contributed by atoms with Crippen molar-refractivity contribution in [2.75, 3.05) is 5.32 Å². The van der Waals surface area contributed by atoms with E-state index < -0.39 is 0 Å². The molecule has 0 aliphatic carbocycles. The Morgan fingerprint density at radius 2 is 2.29 bits per heavy atom. The van der Waals surface area contributed by atoms with Crippen LogP contribution in [0.15, 0.2) is 36.0 Å². The van der Waals surface area contributed by atoms with Crippen LogP contribution >= 0.6 is 11.3 Å². The normalized spacial score (nSPS) is 11.2. The number of amides is 1. The fraction of sp³-hybridized carbons (Fsp3) is 0.267. The molecular weight excluding hydrogens is 284 g/mol. The van der Waals surface area contributed by atoms with E-state index in [1.54, 1.807) is 23.7 Å². The monoisotopic (exact) mass is 300 g/mol. The summed E-state index contributed by atoms with van der Waals surface area (Å²) in [4.78, 5) is 17.4. The molecule has 3 rings (SSSR count). The van der Waals surface area contributed by atoms with Crippen molar-refractivity contribution in [3.63, 3.8) is 0 Å². The van der Waals surface area contributed by atoms with E-state index in [2.05, 4.69) is 29.2 Å². The molecule has 0 saturated carbocycles. The maximum absolute atomic E-state index is 12.0. The number of anilines is 1. The zero-order valence-electron chi connectivity index (χ0n) is 11.9. The second-order valence-corrected chi connectivity index (χ2v) is 6.16. The van der Waals surface area contributed by atoms with Gasteiger partial charge in [0.05, 0.1) is 24.5 Å². The molecule has 108 valence electrons. The third-order valence-electron chi connectivity index (χ3n) is 3.12. The lowest BCUT2D eigenvalue weighted by atomic mass is 10.3. The SMILES string of the molecule is CC(C)n1ncc2cc(NC(=O)Cc3cccs3)cnc21. The lowest BCUT2D eigenvalue weighted by Gasteiger charge is -2.07. The zero-order valence-corrected chi connectivity index (χ0v) is 12.7. The zero-order chi connectivity index (χ0) is 14.8. The smallest absolute Gasteiger partial charge is 0.229 e. The Morgan fingerprint density at radius 1 is 1.43 bits per heavy atom. The molecule has 21 heavy (non-hydrogen) atoms. The standard InChI is InChI=1S/C15H16N4OS/c1-10(2)19-15-11(8-17-19)6-12(9-16-15)18-14(20)7-13-4-3-5-21-13/h3-6,8-10H,7H2,1-2H3,(H,18,20). The van der Waals surface area contributed by atoms with Crippen LogP contribution in [0, 0.1) is 0 Å². The fourth-order valence-corrected chi connectivity index (χ4v) is 2.87. The summed E-state index contributed by atoms with van der Waals surface area (Å²) >= 11 is 1.58. The lowest BCUT2D eigenvalue weighted by molar-refractivity contribution is -0.115. The second-order valence-electron chi connectivity index (χ2n) is 5.12. The molecule has 0 aliphatic heterocycles. The van der Waals surface area contributed by atoms with Gasteiger partial charge in [-0.25, -0.2) is 9.67 Å². The topological polar surface area (TPSA) is 59.8 Å². The van der Waals surface area contributed by atoms with Crippen molar-refractivity contribution in [2.24, 2.45) is 0 Å². The van der Waals surface area contributed by atoms with Gasteiger partial charge >= 0.3 is 0 Å². The van der Waals surface area contributed by atoms with E-state index in [0.29, 0.717) is 12.1 Å². The number of hydrogen-bond acceptors (Lipinski definition) is 4. The van der Waals surface area contributed by atoms with Crippen LogP contribution in [0.1, 0.15) is 24.8 Å². The van der Waals surface area contributed by atoms with Crippen molar-refractivity contribution >= 4 is 34.0 Å². The number of nitrogens with zero attached hydrogens (tertiary/aromatic N) is 3. The molecule has 5 nitrogen and oxygen atoms in total. The number of carbonyl (C=O) groups is 1. The molecular formula is C15H16N4OS. The molecule has 0 aromatic carbocycles. The van der Waals surface area contributed by atoms with E-state index in [4.69, 9.17) is 0 Å². The lowest BCUT2D eigenvalue weighted by Crippen LogP contribution is -2.13. The van der Waals surface area contributed by atoms with Crippen molar-refractivity contribution in [1.82, 2.24) is 14.8 Å². The summed E-state index contributed by atoms with van der Waals surface area (Å²) < 4.78 is 1.87. The first-order valence-corrected chi connectivity index (χ1v) is 7.67. The molecule has 3 aromatic rings. The van der Waals surface area contributed by atoms with Gasteiger partial charge in [-0.1, -0.05) is 6.07 Å². The maximum Gasteiger partial charge on any atom is 0.229 e. The van der Waals surface area contributed by atoms with Gasteiger partial charge in [-0.3, -0.25) is 4.79 Å². The van der Waals surface area contributed by atoms with Crippen LogP contribution < -0.4 is 5.32 Å². The summed E-state index contributed by atoms with van der Waals surface area (Å²) in [5.41, 5.74) is 1.54. The van der Waals surface area contributed by atoms with Crippen LogP contribution in [0.5, 0.6) is 0 Å². The van der Waals surface area contributed by atoms with Crippen molar-refractivity contribution in [2.45, 2.75) is 26.3 Å². The average molecular weight is 300 g/mol. The maximum atomic E-state index is 12.0. The second kappa shape index (κ2) is 5.65. The molecule has 0 atom stereocenters. The summed E-state index contributed by atoms with van der Waals surface area (Å²) in [6.07, 6.45) is 3.84. The average Bonchev–Trinajstić information content (AvgIpc) is 3.06. The van der Waals surface area contributed by atoms with Gasteiger partial charge in [-0.05, 0) is 31.4 Å². The molecule has 3 heterocycles. The minimum absolute atomic E-state index is 0.0325. The highest BCUT2D eigenvalue weighted by atomic mass is 32.1. The highest BCUT2D eigenvalue weighted by Crippen LogP contribution is 2.19. The fourth-order valence-electron chi connectivity index (χ4n) is 2.16. The number of pyridine rings is 1. The minimum atomic E-state index is -0.0325. The molecule has 0 aliphatic rings. The van der Waals surface area contributed by atoms with E-state index in [1.165, 1.54) is 0 Å². The van der Waals surface area contributed by atoms with Crippen LogP contribution in [0.2, 0.25) is 0 Å². The molecule has 6 heteroatoms. The number of aromatic nitrogens is 3. The Hall–Kier alpha value is -2.21. The third kappa shape index (κ3) is 2.95. The van der Waals surface area contributed by atoms with E-state index in [-0.39, 0.29) is 11.9 Å². The largest absolute Gasteiger partial charge is 0.324 e. The third-order valence-corrected chi connectivity index (χ3v) is 4.00. The van der Waals surface area contributed by atoms with E-state index >= 15 is 0 Å². The van der Waals surface area contributed by atoms with Gasteiger partial charge in [-0.2, -0.15) is 5.10 Å². The van der Waals surface area contributed by atoms with Gasteiger partial charge in [-0.15, -0.1) is 11.3 Å². The van der Waals surface area contributed by atoms with Crippen molar-refractivity contribution in [3.05, 3.63) is 40.8 Å². The van der Waals surface area contributed by atoms with Gasteiger partial charge in [0.1, 0.15) is 0 Å². The molecule has 0 radical (unpaired) electrons. The first kappa shape index (κ1) is 13.8. The van der Waals surface area contributed by atoms with Crippen molar-refractivity contribution in [1.29, 1.82) is 0 Å². The van der Waals surface area contributed by atoms with Gasteiger partial charge in [0, 0.05) is 16.3 Å². The predicted octanol–water partition coefficient (Wildman–Crippen LogP) is 3.25. The summed E-state index contributed by atoms with van der Waals surface area (Å²) in [7, 11) is 0. The number of carbonyl (C=O) groups excluding carboxylic acids is 1. The predicted molar refractivity (Wildman–Crippen MR) is 84.6 cm³/mol. The van der Waals surface area contributed by atoms with E-state index in [9.17, 15) is 4.79 Å². The summed E-state index contributed by atoms with van der Waals surface area (Å²) in [6, 6.07) is 6.06. The summed E-state index contributed by atoms with van der Waals surface area (Å²) in [5, 5.41) is 10.1. The number of nitrogens with one attached hydrogen (secondary N) is 1. The summed E-state index contributed by atoms with van der Waals surface area (Å²) in [6.45, 7) is 4.12. The van der Waals surface area contributed by atoms with Crippen LogP contribution in [0.25, 0.3) is 11.0 Å². The first-order valence-electron chi connectivity index (χ1n) is 6.79. The molecule has 0 spiro atoms. The Morgan fingerprint density at radius 3 is 3.00 bits per heavy atom. The molecule has 0 unspecified atom stereocenters.